The van der Waals surface area contributed by atoms with Crippen molar-refractivity contribution < 1.29 is 0 Å². The summed E-state index contributed by atoms with van der Waals surface area (Å²) in [5.41, 5.74) is 7.88. The van der Waals surface area contributed by atoms with Crippen molar-refractivity contribution in [3.8, 4) is 11.5 Å². The molecule has 128 valence electrons. The molecule has 0 aliphatic heterocycles. The monoisotopic (exact) mass is 357 g/mol. The summed E-state index contributed by atoms with van der Waals surface area (Å²) in [6.45, 7) is 14.1. The molecule has 1 aromatic carbocycles. The fraction of sp³-hybridized carbons (Fsp3) is 0.476. The molecular formula is C21H28ClNSi. The lowest BCUT2D eigenvalue weighted by molar-refractivity contribution is 0.838. The van der Waals surface area contributed by atoms with Gasteiger partial charge >= 0.3 is 0 Å². The summed E-state index contributed by atoms with van der Waals surface area (Å²) in [5.74, 6) is 3.52. The fourth-order valence-electron chi connectivity index (χ4n) is 4.09. The maximum Gasteiger partial charge on any atom is 0.145 e. The Kier molecular flexibility index (Phi) is 6.12. The van der Waals surface area contributed by atoms with Crippen LogP contribution in [0.1, 0.15) is 47.1 Å². The van der Waals surface area contributed by atoms with Crippen molar-refractivity contribution in [2.24, 2.45) is 0 Å². The van der Waals surface area contributed by atoms with Gasteiger partial charge in [0.15, 0.2) is 0 Å². The molecule has 0 atom stereocenters. The first-order valence-corrected chi connectivity index (χ1v) is 11.4. The van der Waals surface area contributed by atoms with Gasteiger partial charge in [0.05, 0.1) is 5.52 Å². The van der Waals surface area contributed by atoms with Gasteiger partial charge in [-0.2, -0.15) is 0 Å². The summed E-state index contributed by atoms with van der Waals surface area (Å²) >= 11 is 6.28. The van der Waals surface area contributed by atoms with Crippen molar-refractivity contribution >= 4 is 30.6 Å². The minimum atomic E-state index is -1.68. The SMILES string of the molecule is CC(C)[Si](C#CCc1cc(Cl)cc2cccnc12)(C(C)C)C(C)C. The average Bonchev–Trinajstić information content (AvgIpc) is 2.50. The van der Waals surface area contributed by atoms with E-state index in [1.54, 1.807) is 0 Å². The highest BCUT2D eigenvalue weighted by Gasteiger charge is 2.41. The van der Waals surface area contributed by atoms with Crippen LogP contribution in [0.15, 0.2) is 30.5 Å². The molecule has 0 N–H and O–H groups in total. The van der Waals surface area contributed by atoms with E-state index < -0.39 is 8.07 Å². The van der Waals surface area contributed by atoms with E-state index in [2.05, 4.69) is 64.1 Å². The van der Waals surface area contributed by atoms with Crippen LogP contribution >= 0.6 is 11.6 Å². The Labute approximate surface area is 152 Å². The lowest BCUT2D eigenvalue weighted by Gasteiger charge is -2.38. The van der Waals surface area contributed by atoms with Gasteiger partial charge in [-0.1, -0.05) is 59.2 Å². The van der Waals surface area contributed by atoms with E-state index in [0.29, 0.717) is 16.6 Å². The molecule has 0 aliphatic carbocycles. The lowest BCUT2D eigenvalue weighted by atomic mass is 10.1. The largest absolute Gasteiger partial charge is 0.256 e. The predicted molar refractivity (Wildman–Crippen MR) is 109 cm³/mol. The van der Waals surface area contributed by atoms with E-state index in [0.717, 1.165) is 27.9 Å². The standard InChI is InChI=1S/C21H28ClNSi/c1-15(2)24(16(3)4,17(5)6)12-8-10-19-14-20(22)13-18-9-7-11-23-21(18)19/h7,9,11,13-17H,10H2,1-6H3. The lowest BCUT2D eigenvalue weighted by Crippen LogP contribution is -2.43. The Morgan fingerprint density at radius 3 is 2.25 bits per heavy atom. The molecule has 24 heavy (non-hydrogen) atoms. The van der Waals surface area contributed by atoms with Gasteiger partial charge < -0.3 is 0 Å². The number of benzene rings is 1. The van der Waals surface area contributed by atoms with Crippen LogP contribution in [0.3, 0.4) is 0 Å². The Balaban J connectivity index is 2.42. The number of pyridine rings is 1. The van der Waals surface area contributed by atoms with Crippen molar-refractivity contribution in [2.45, 2.75) is 64.6 Å². The molecule has 2 rings (SSSR count). The molecule has 0 saturated carbocycles. The van der Waals surface area contributed by atoms with Gasteiger partial charge in [0.1, 0.15) is 8.07 Å². The Morgan fingerprint density at radius 1 is 1.04 bits per heavy atom. The quantitative estimate of drug-likeness (QED) is 0.440. The van der Waals surface area contributed by atoms with Crippen LogP contribution in [0.25, 0.3) is 10.9 Å². The summed E-state index contributed by atoms with van der Waals surface area (Å²) < 4.78 is 0. The maximum absolute atomic E-state index is 6.28. The van der Waals surface area contributed by atoms with Crippen molar-refractivity contribution in [1.82, 2.24) is 4.98 Å². The molecule has 0 unspecified atom stereocenters. The number of rotatable bonds is 4. The molecule has 1 nitrogen and oxygen atoms in total. The number of hydrogen-bond donors (Lipinski definition) is 0. The van der Waals surface area contributed by atoms with Gasteiger partial charge in [-0.05, 0) is 40.4 Å². The third-order valence-corrected chi connectivity index (χ3v) is 11.8. The maximum atomic E-state index is 6.28. The van der Waals surface area contributed by atoms with Gasteiger partial charge in [0.25, 0.3) is 0 Å². The number of halogens is 1. The minimum absolute atomic E-state index is 0.652. The van der Waals surface area contributed by atoms with Crippen LogP contribution in [-0.2, 0) is 6.42 Å². The summed E-state index contributed by atoms with van der Waals surface area (Å²) in [6.07, 6.45) is 2.55. The molecule has 0 spiro atoms. The summed E-state index contributed by atoms with van der Waals surface area (Å²) in [6, 6.07) is 7.98. The molecular weight excluding hydrogens is 330 g/mol. The Morgan fingerprint density at radius 2 is 1.67 bits per heavy atom. The number of hydrogen-bond acceptors (Lipinski definition) is 1. The van der Waals surface area contributed by atoms with Crippen LogP contribution in [-0.4, -0.2) is 13.1 Å². The highest BCUT2D eigenvalue weighted by Crippen LogP contribution is 2.40. The number of fused-ring (bicyclic) bond motifs is 1. The van der Waals surface area contributed by atoms with Crippen molar-refractivity contribution in [3.63, 3.8) is 0 Å². The van der Waals surface area contributed by atoms with Gasteiger partial charge in [-0.25, -0.2) is 0 Å². The third kappa shape index (κ3) is 3.68. The fourth-order valence-corrected chi connectivity index (χ4v) is 9.60. The van der Waals surface area contributed by atoms with Gasteiger partial charge in [0.2, 0.25) is 0 Å². The summed E-state index contributed by atoms with van der Waals surface area (Å²) in [7, 11) is -1.68. The first kappa shape index (κ1) is 19.0. The molecule has 1 aromatic heterocycles. The highest BCUT2D eigenvalue weighted by molar-refractivity contribution is 6.90. The smallest absolute Gasteiger partial charge is 0.145 e. The second kappa shape index (κ2) is 7.72. The predicted octanol–water partition coefficient (Wildman–Crippen LogP) is 6.65. The van der Waals surface area contributed by atoms with Crippen molar-refractivity contribution in [2.75, 3.05) is 0 Å². The molecule has 0 amide bonds. The third-order valence-electron chi connectivity index (χ3n) is 5.20. The zero-order valence-electron chi connectivity index (χ0n) is 15.7. The van der Waals surface area contributed by atoms with E-state index in [9.17, 15) is 0 Å². The normalized spacial score (nSPS) is 12.1. The van der Waals surface area contributed by atoms with E-state index in [-0.39, 0.29) is 0 Å². The van der Waals surface area contributed by atoms with E-state index >= 15 is 0 Å². The first-order valence-electron chi connectivity index (χ1n) is 8.82. The second-order valence-corrected chi connectivity index (χ2v) is 13.5. The van der Waals surface area contributed by atoms with E-state index in [1.807, 2.05) is 24.4 Å². The Bertz CT molecular complexity index is 746. The van der Waals surface area contributed by atoms with Gasteiger partial charge in [0, 0.05) is 23.0 Å². The highest BCUT2D eigenvalue weighted by atomic mass is 35.5. The molecule has 0 fully saturated rings. The van der Waals surface area contributed by atoms with Crippen molar-refractivity contribution in [1.29, 1.82) is 0 Å². The molecule has 0 radical (unpaired) electrons. The molecule has 0 saturated heterocycles. The number of aromatic nitrogens is 1. The average molecular weight is 358 g/mol. The van der Waals surface area contributed by atoms with Crippen LogP contribution in [0, 0.1) is 11.5 Å². The molecule has 0 aliphatic rings. The first-order chi connectivity index (χ1) is 11.3. The van der Waals surface area contributed by atoms with Gasteiger partial charge in [-0.15, -0.1) is 11.5 Å². The summed E-state index contributed by atoms with van der Waals surface area (Å²) in [4.78, 5) is 4.53. The minimum Gasteiger partial charge on any atom is -0.256 e. The van der Waals surface area contributed by atoms with Crippen LogP contribution in [0.2, 0.25) is 21.6 Å². The van der Waals surface area contributed by atoms with E-state index in [4.69, 9.17) is 11.6 Å². The summed E-state index contributed by atoms with van der Waals surface area (Å²) in [5, 5.41) is 1.84. The topological polar surface area (TPSA) is 12.9 Å². The Hall–Kier alpha value is -1.30. The van der Waals surface area contributed by atoms with Crippen molar-refractivity contribution in [3.05, 3.63) is 41.0 Å². The molecule has 2 aromatic rings. The number of nitrogens with zero attached hydrogens (tertiary/aromatic N) is 1. The second-order valence-electron chi connectivity index (χ2n) is 7.52. The molecule has 3 heteroatoms. The van der Waals surface area contributed by atoms with E-state index in [1.165, 1.54) is 0 Å². The zero-order valence-corrected chi connectivity index (χ0v) is 17.4. The van der Waals surface area contributed by atoms with Crippen LogP contribution in [0.4, 0.5) is 0 Å². The van der Waals surface area contributed by atoms with Crippen LogP contribution < -0.4 is 0 Å². The van der Waals surface area contributed by atoms with Gasteiger partial charge in [-0.3, -0.25) is 4.98 Å². The molecule has 1 heterocycles. The van der Waals surface area contributed by atoms with Crippen LogP contribution in [0.5, 0.6) is 0 Å². The zero-order chi connectivity index (χ0) is 17.9. The molecule has 0 bridgehead atoms.